The molecule has 8 nitrogen and oxygen atoms in total. The summed E-state index contributed by atoms with van der Waals surface area (Å²) in [5, 5.41) is 17.6. The predicted molar refractivity (Wildman–Crippen MR) is 77.6 cm³/mol. The van der Waals surface area contributed by atoms with Crippen molar-refractivity contribution in [2.45, 2.75) is 0 Å². The molecule has 0 spiro atoms. The maximum atomic E-state index is 11.7. The number of rotatable bonds is 4. The van der Waals surface area contributed by atoms with Crippen molar-refractivity contribution in [1.82, 2.24) is 0 Å². The average Bonchev–Trinajstić information content (AvgIpc) is 2.59. The van der Waals surface area contributed by atoms with Crippen LogP contribution >= 0.6 is 0 Å². The largest absolute Gasteiger partial charge is 0.478 e. The van der Waals surface area contributed by atoms with E-state index >= 15 is 0 Å². The third-order valence-corrected chi connectivity index (χ3v) is 2.91. The predicted octanol–water partition coefficient (Wildman–Crippen LogP) is 2.01. The van der Waals surface area contributed by atoms with E-state index in [1.54, 1.807) is 0 Å². The van der Waals surface area contributed by atoms with Gasteiger partial charge in [-0.05, 0) is 42.5 Å². The fourth-order valence-electron chi connectivity index (χ4n) is 1.70. The van der Waals surface area contributed by atoms with Crippen molar-refractivity contribution in [3.05, 3.63) is 70.8 Å². The first-order valence-corrected chi connectivity index (χ1v) is 6.48. The minimum atomic E-state index is -1.22. The van der Waals surface area contributed by atoms with E-state index in [0.29, 0.717) is 0 Å². The van der Waals surface area contributed by atoms with Crippen LogP contribution in [0, 0.1) is 0 Å². The first kappa shape index (κ1) is 16.7. The second kappa shape index (κ2) is 7.05. The highest BCUT2D eigenvalue weighted by molar-refractivity contribution is 5.95. The van der Waals surface area contributed by atoms with E-state index in [0.717, 1.165) is 6.07 Å². The summed E-state index contributed by atoms with van der Waals surface area (Å²) in [7, 11) is 0. The third kappa shape index (κ3) is 3.95. The Morgan fingerprint density at radius 3 is 1.62 bits per heavy atom. The van der Waals surface area contributed by atoms with Gasteiger partial charge in [0, 0.05) is 0 Å². The molecule has 0 radical (unpaired) electrons. The molecule has 0 bridgehead atoms. The maximum absolute atomic E-state index is 11.7. The SMILES string of the molecule is O=C(O)c1ccc(C(=O)OOC(=O)c2cccc(C(=O)O)c2)cc1. The number of carboxylic acids is 2. The van der Waals surface area contributed by atoms with Crippen LogP contribution in [0.5, 0.6) is 0 Å². The van der Waals surface area contributed by atoms with E-state index in [9.17, 15) is 19.2 Å². The normalized spacial score (nSPS) is 9.83. The smallest absolute Gasteiger partial charge is 0.386 e. The zero-order chi connectivity index (χ0) is 17.7. The molecule has 2 N–H and O–H groups in total. The molecule has 0 atom stereocenters. The zero-order valence-electron chi connectivity index (χ0n) is 12.0. The van der Waals surface area contributed by atoms with E-state index in [1.807, 2.05) is 0 Å². The van der Waals surface area contributed by atoms with Gasteiger partial charge in [0.1, 0.15) is 0 Å². The van der Waals surface area contributed by atoms with Gasteiger partial charge in [-0.15, -0.1) is 0 Å². The Morgan fingerprint density at radius 1 is 0.625 bits per heavy atom. The molecule has 0 aliphatic rings. The van der Waals surface area contributed by atoms with Gasteiger partial charge in [0.15, 0.2) is 0 Å². The lowest BCUT2D eigenvalue weighted by molar-refractivity contribution is -0.187. The van der Waals surface area contributed by atoms with Crippen LogP contribution in [0.2, 0.25) is 0 Å². The number of carbonyl (C=O) groups is 4. The number of carbonyl (C=O) groups excluding carboxylic acids is 2. The molecule has 24 heavy (non-hydrogen) atoms. The second-order valence-corrected chi connectivity index (χ2v) is 4.51. The van der Waals surface area contributed by atoms with Crippen LogP contribution in [0.1, 0.15) is 41.4 Å². The molecule has 2 aromatic rings. The van der Waals surface area contributed by atoms with Crippen LogP contribution in [0.4, 0.5) is 0 Å². The Balaban J connectivity index is 2.00. The summed E-state index contributed by atoms with van der Waals surface area (Å²) in [6, 6.07) is 9.77. The van der Waals surface area contributed by atoms with Crippen molar-refractivity contribution < 1.29 is 39.2 Å². The van der Waals surface area contributed by atoms with E-state index in [1.165, 1.54) is 42.5 Å². The summed E-state index contributed by atoms with van der Waals surface area (Å²) < 4.78 is 0. The second-order valence-electron chi connectivity index (χ2n) is 4.51. The van der Waals surface area contributed by atoms with Gasteiger partial charge in [-0.2, -0.15) is 0 Å². The van der Waals surface area contributed by atoms with Gasteiger partial charge in [0.25, 0.3) is 0 Å². The lowest BCUT2D eigenvalue weighted by Crippen LogP contribution is -2.12. The Morgan fingerprint density at radius 2 is 1.08 bits per heavy atom. The molecular weight excluding hydrogens is 320 g/mol. The van der Waals surface area contributed by atoms with Crippen molar-refractivity contribution >= 4 is 23.9 Å². The molecule has 2 aromatic carbocycles. The van der Waals surface area contributed by atoms with Gasteiger partial charge >= 0.3 is 23.9 Å². The minimum Gasteiger partial charge on any atom is -0.478 e. The van der Waals surface area contributed by atoms with Crippen LogP contribution in [-0.4, -0.2) is 34.1 Å². The number of benzene rings is 2. The molecule has 8 heteroatoms. The van der Waals surface area contributed by atoms with Gasteiger partial charge in [0.05, 0.1) is 22.3 Å². The summed E-state index contributed by atoms with van der Waals surface area (Å²) in [4.78, 5) is 53.7. The lowest BCUT2D eigenvalue weighted by atomic mass is 10.1. The summed E-state index contributed by atoms with van der Waals surface area (Å²) in [5.74, 6) is -4.43. The Bertz CT molecular complexity index is 807. The van der Waals surface area contributed by atoms with Crippen molar-refractivity contribution in [1.29, 1.82) is 0 Å². The lowest BCUT2D eigenvalue weighted by Gasteiger charge is -2.04. The Hall–Kier alpha value is -3.68. The fourth-order valence-corrected chi connectivity index (χ4v) is 1.70. The van der Waals surface area contributed by atoms with Crippen LogP contribution in [0.3, 0.4) is 0 Å². The molecule has 0 aliphatic heterocycles. The fraction of sp³-hybridized carbons (Fsp3) is 0. The average molecular weight is 330 g/mol. The Labute approximate surface area is 134 Å². The number of aromatic carboxylic acids is 2. The molecule has 122 valence electrons. The first-order chi connectivity index (χ1) is 11.4. The molecule has 0 saturated heterocycles. The highest BCUT2D eigenvalue weighted by Gasteiger charge is 2.16. The standard InChI is InChI=1S/C16H10O8/c17-13(18)9-4-6-10(7-5-9)15(21)23-24-16(22)12-3-1-2-11(8-12)14(19)20/h1-8H,(H,17,18)(H,19,20). The number of hydrogen-bond acceptors (Lipinski definition) is 6. The van der Waals surface area contributed by atoms with Crippen molar-refractivity contribution in [3.63, 3.8) is 0 Å². The van der Waals surface area contributed by atoms with Gasteiger partial charge < -0.3 is 10.2 Å². The van der Waals surface area contributed by atoms with Crippen LogP contribution < -0.4 is 0 Å². The number of carboxylic acid groups (broad SMARTS) is 2. The number of hydrogen-bond donors (Lipinski definition) is 2. The summed E-state index contributed by atoms with van der Waals surface area (Å²) >= 11 is 0. The summed E-state index contributed by atoms with van der Waals surface area (Å²) in [5.41, 5.74) is -0.273. The minimum absolute atomic E-state index is 0.0194. The van der Waals surface area contributed by atoms with Crippen molar-refractivity contribution in [2.75, 3.05) is 0 Å². The third-order valence-electron chi connectivity index (χ3n) is 2.91. The molecule has 0 amide bonds. The summed E-state index contributed by atoms with van der Waals surface area (Å²) in [6.07, 6.45) is 0. The summed E-state index contributed by atoms with van der Waals surface area (Å²) in [6.45, 7) is 0. The van der Waals surface area contributed by atoms with E-state index < -0.39 is 23.9 Å². The molecule has 0 aromatic heterocycles. The van der Waals surface area contributed by atoms with E-state index in [4.69, 9.17) is 10.2 Å². The van der Waals surface area contributed by atoms with Gasteiger partial charge in [-0.3, -0.25) is 0 Å². The van der Waals surface area contributed by atoms with E-state index in [-0.39, 0.29) is 22.3 Å². The van der Waals surface area contributed by atoms with Crippen LogP contribution in [-0.2, 0) is 9.78 Å². The van der Waals surface area contributed by atoms with Crippen LogP contribution in [0.25, 0.3) is 0 Å². The maximum Gasteiger partial charge on any atom is 0.386 e. The quantitative estimate of drug-likeness (QED) is 0.643. The van der Waals surface area contributed by atoms with E-state index in [2.05, 4.69) is 9.78 Å². The first-order valence-electron chi connectivity index (χ1n) is 6.48. The highest BCUT2D eigenvalue weighted by Crippen LogP contribution is 2.10. The molecule has 2 rings (SSSR count). The topological polar surface area (TPSA) is 127 Å². The van der Waals surface area contributed by atoms with Crippen LogP contribution in [0.15, 0.2) is 48.5 Å². The van der Waals surface area contributed by atoms with Crippen molar-refractivity contribution in [2.24, 2.45) is 0 Å². The Kier molecular flexibility index (Phi) is 4.90. The van der Waals surface area contributed by atoms with Crippen molar-refractivity contribution in [3.8, 4) is 0 Å². The van der Waals surface area contributed by atoms with Gasteiger partial charge in [-0.25, -0.2) is 29.0 Å². The molecule has 0 fully saturated rings. The zero-order valence-corrected chi connectivity index (χ0v) is 12.0. The molecule has 0 aliphatic carbocycles. The van der Waals surface area contributed by atoms with Gasteiger partial charge in [0.2, 0.25) is 0 Å². The molecule has 0 saturated carbocycles. The molecule has 0 unspecified atom stereocenters. The highest BCUT2D eigenvalue weighted by atomic mass is 17.2. The molecule has 0 heterocycles. The molecular formula is C16H10O8. The van der Waals surface area contributed by atoms with Gasteiger partial charge in [-0.1, -0.05) is 6.07 Å². The monoisotopic (exact) mass is 330 g/mol.